The molecule has 1 atom stereocenters. The van der Waals surface area contributed by atoms with Crippen LogP contribution in [0.4, 0.5) is 0 Å². The molecule has 1 N–H and O–H groups in total. The van der Waals surface area contributed by atoms with Crippen molar-refractivity contribution in [3.05, 3.63) is 95.6 Å². The van der Waals surface area contributed by atoms with Crippen LogP contribution in [0, 0.1) is 6.92 Å². The van der Waals surface area contributed by atoms with Gasteiger partial charge in [-0.3, -0.25) is 0 Å². The van der Waals surface area contributed by atoms with Gasteiger partial charge in [0.2, 0.25) is 0 Å². The van der Waals surface area contributed by atoms with Gasteiger partial charge in [-0.25, -0.2) is 12.1 Å². The number of aliphatic hydroxyl groups excluding tert-OH is 1. The predicted molar refractivity (Wildman–Crippen MR) is 79.3 cm³/mol. The van der Waals surface area contributed by atoms with E-state index in [1.54, 1.807) is 0 Å². The maximum atomic E-state index is 10.1. The molecule has 1 unspecified atom stereocenters. The second-order valence-electron chi connectivity index (χ2n) is 4.44. The Labute approximate surface area is 131 Å². The van der Waals surface area contributed by atoms with Crippen molar-refractivity contribution in [2.24, 2.45) is 0 Å². The van der Waals surface area contributed by atoms with Gasteiger partial charge in [0.05, 0.1) is 0 Å². The maximum Gasteiger partial charge on any atom is 0 e. The summed E-state index contributed by atoms with van der Waals surface area (Å²) in [6, 6.07) is 25.7. The van der Waals surface area contributed by atoms with E-state index in [-0.39, 0.29) is 17.1 Å². The first-order valence-corrected chi connectivity index (χ1v) is 6.41. The molecule has 0 aliphatic rings. The van der Waals surface area contributed by atoms with Crippen LogP contribution < -0.4 is 0 Å². The number of hydrogen-bond acceptors (Lipinski definition) is 1. The van der Waals surface area contributed by atoms with Crippen LogP contribution in [-0.4, -0.2) is 5.11 Å². The van der Waals surface area contributed by atoms with E-state index >= 15 is 0 Å². The zero-order valence-electron chi connectivity index (χ0n) is 11.4. The Hall–Kier alpha value is -1.60. The molecular formula is C18H18FeO-6. The summed E-state index contributed by atoms with van der Waals surface area (Å²) < 4.78 is 0. The van der Waals surface area contributed by atoms with E-state index in [4.69, 9.17) is 0 Å². The van der Waals surface area contributed by atoms with E-state index < -0.39 is 6.10 Å². The first-order chi connectivity index (χ1) is 9.29. The zero-order chi connectivity index (χ0) is 13.5. The quantitative estimate of drug-likeness (QED) is 0.556. The van der Waals surface area contributed by atoms with E-state index in [2.05, 4.69) is 0 Å². The summed E-state index contributed by atoms with van der Waals surface area (Å²) >= 11 is 0. The largest absolute Gasteiger partial charge is 0.747 e. The summed E-state index contributed by atoms with van der Waals surface area (Å²) in [6.07, 6.45) is -0.494. The Morgan fingerprint density at radius 2 is 1.60 bits per heavy atom. The third-order valence-electron chi connectivity index (χ3n) is 3.04. The molecule has 0 aromatic heterocycles. The summed E-state index contributed by atoms with van der Waals surface area (Å²) in [5.74, 6) is 0. The Morgan fingerprint density at radius 1 is 1.00 bits per heavy atom. The van der Waals surface area contributed by atoms with E-state index in [1.807, 2.05) is 85.8 Å². The van der Waals surface area contributed by atoms with Crippen LogP contribution in [-0.2, 0) is 17.1 Å². The third-order valence-corrected chi connectivity index (χ3v) is 3.04. The van der Waals surface area contributed by atoms with Crippen molar-refractivity contribution in [1.29, 1.82) is 0 Å². The second kappa shape index (κ2) is 8.55. The van der Waals surface area contributed by atoms with Crippen molar-refractivity contribution in [2.75, 3.05) is 0 Å². The van der Waals surface area contributed by atoms with Gasteiger partial charge < -0.3 is 34.9 Å². The summed E-state index contributed by atoms with van der Waals surface area (Å²) in [7, 11) is 0. The molecule has 2 heteroatoms. The number of hydrogen-bond donors (Lipinski definition) is 1. The van der Waals surface area contributed by atoms with Gasteiger partial charge in [-0.15, -0.1) is 0 Å². The number of rotatable bonds is 2. The fraction of sp³-hybridized carbons (Fsp3) is 0.111. The minimum atomic E-state index is -0.494. The van der Waals surface area contributed by atoms with Crippen LogP contribution in [0.5, 0.6) is 0 Å². The molecule has 0 bridgehead atoms. The smallest absolute Gasteiger partial charge is 0 e. The Bertz CT molecular complexity index is 550. The molecule has 0 radical (unpaired) electrons. The van der Waals surface area contributed by atoms with Crippen LogP contribution in [0.25, 0.3) is 0 Å². The van der Waals surface area contributed by atoms with Crippen LogP contribution in [0.15, 0.2) is 78.9 Å². The maximum absolute atomic E-state index is 10.1. The molecule has 1 nitrogen and oxygen atoms in total. The van der Waals surface area contributed by atoms with Gasteiger partial charge in [0.25, 0.3) is 0 Å². The van der Waals surface area contributed by atoms with Crippen molar-refractivity contribution < 1.29 is 22.2 Å². The van der Waals surface area contributed by atoms with Crippen LogP contribution in [0.2, 0.25) is 0 Å². The van der Waals surface area contributed by atoms with Crippen molar-refractivity contribution in [3.8, 4) is 0 Å². The molecule has 0 saturated heterocycles. The molecule has 3 aromatic rings. The van der Waals surface area contributed by atoms with Gasteiger partial charge in [0.15, 0.2) is 0 Å². The Morgan fingerprint density at radius 3 is 2.10 bits per heavy atom. The molecule has 3 rings (SSSR count). The first kappa shape index (κ1) is 16.5. The van der Waals surface area contributed by atoms with E-state index in [1.165, 1.54) is 0 Å². The SMILES string of the molecule is Cc1ccccc1C(O)[c-]1[cH-][cH-][cH-][cH-]1.[Fe].c1cc[cH-]c1. The number of benzene rings is 1. The summed E-state index contributed by atoms with van der Waals surface area (Å²) in [4.78, 5) is 0. The molecular weight excluding hydrogens is 288 g/mol. The van der Waals surface area contributed by atoms with E-state index in [0.29, 0.717) is 0 Å². The Kier molecular flexibility index (Phi) is 7.03. The molecule has 20 heavy (non-hydrogen) atoms. The average molecular weight is 306 g/mol. The summed E-state index contributed by atoms with van der Waals surface area (Å²) in [6.45, 7) is 2.02. The van der Waals surface area contributed by atoms with Gasteiger partial charge in [-0.2, -0.15) is 18.2 Å². The van der Waals surface area contributed by atoms with Crippen LogP contribution >= 0.6 is 0 Å². The van der Waals surface area contributed by atoms with Crippen molar-refractivity contribution in [3.63, 3.8) is 0 Å². The fourth-order valence-electron chi connectivity index (χ4n) is 1.97. The van der Waals surface area contributed by atoms with E-state index in [9.17, 15) is 5.11 Å². The van der Waals surface area contributed by atoms with Gasteiger partial charge in [0, 0.05) is 17.1 Å². The van der Waals surface area contributed by atoms with Crippen molar-refractivity contribution in [2.45, 2.75) is 13.0 Å². The van der Waals surface area contributed by atoms with Gasteiger partial charge in [0.1, 0.15) is 0 Å². The fourth-order valence-corrected chi connectivity index (χ4v) is 1.97. The number of aryl methyl sites for hydroxylation is 1. The molecule has 110 valence electrons. The zero-order valence-corrected chi connectivity index (χ0v) is 12.5. The predicted octanol–water partition coefficient (Wildman–Crippen LogP) is 4.20. The molecule has 0 heterocycles. The summed E-state index contributed by atoms with van der Waals surface area (Å²) in [5.41, 5.74) is 3.07. The monoisotopic (exact) mass is 306 g/mol. The minimum absolute atomic E-state index is 0. The molecule has 0 amide bonds. The van der Waals surface area contributed by atoms with Gasteiger partial charge in [-0.1, -0.05) is 30.4 Å². The second-order valence-corrected chi connectivity index (χ2v) is 4.44. The standard InChI is InChI=1S/C13H13O.C5H5.Fe/c1-10-6-2-5-9-12(10)13(14)11-7-3-4-8-11;1-2-4-5-3-1;/h2-9,13-14H,1H3;1-5H;/q-5;-1;. The van der Waals surface area contributed by atoms with Gasteiger partial charge >= 0.3 is 0 Å². The van der Waals surface area contributed by atoms with Crippen molar-refractivity contribution in [1.82, 2.24) is 0 Å². The Balaban J connectivity index is 0.000000283. The van der Waals surface area contributed by atoms with Crippen LogP contribution in [0.1, 0.15) is 22.8 Å². The third kappa shape index (κ3) is 4.50. The molecule has 0 aliphatic heterocycles. The minimum Gasteiger partial charge on any atom is -0.747 e. The van der Waals surface area contributed by atoms with Crippen LogP contribution in [0.3, 0.4) is 0 Å². The first-order valence-electron chi connectivity index (χ1n) is 6.41. The van der Waals surface area contributed by atoms with E-state index in [0.717, 1.165) is 16.7 Å². The molecule has 0 spiro atoms. The molecule has 3 aromatic carbocycles. The van der Waals surface area contributed by atoms with Gasteiger partial charge in [-0.05, 0) is 18.1 Å². The van der Waals surface area contributed by atoms with Crippen molar-refractivity contribution >= 4 is 0 Å². The normalized spacial score (nSPS) is 10.9. The topological polar surface area (TPSA) is 20.2 Å². The number of aliphatic hydroxyl groups is 1. The average Bonchev–Trinajstić information content (AvgIpc) is 3.14. The summed E-state index contributed by atoms with van der Waals surface area (Å²) in [5, 5.41) is 10.1. The molecule has 0 fully saturated rings. The molecule has 0 saturated carbocycles. The molecule has 0 aliphatic carbocycles.